The second kappa shape index (κ2) is 3.88. The number of hydrazine groups is 1. The minimum Gasteiger partial charge on any atom is -0.463 e. The van der Waals surface area contributed by atoms with Gasteiger partial charge in [0, 0.05) is 11.6 Å². The smallest absolute Gasteiger partial charge is 0.431 e. The summed E-state index contributed by atoms with van der Waals surface area (Å²) in [4.78, 5) is 22.0. The molecule has 0 bridgehead atoms. The second-order valence-corrected chi connectivity index (χ2v) is 4.36. The normalized spacial score (nSPS) is 16.1. The number of amides is 2. The van der Waals surface area contributed by atoms with Crippen molar-refractivity contribution in [3.8, 4) is 0 Å². The van der Waals surface area contributed by atoms with Crippen LogP contribution >= 0.6 is 0 Å². The largest absolute Gasteiger partial charge is 0.463 e. The van der Waals surface area contributed by atoms with Crippen molar-refractivity contribution in [2.75, 3.05) is 0 Å². The fraction of sp³-hybridized carbons (Fsp3) is 0.400. The van der Waals surface area contributed by atoms with Gasteiger partial charge in [0.25, 0.3) is 0 Å². The van der Waals surface area contributed by atoms with E-state index in [0.29, 0.717) is 10.7 Å². The molecule has 0 saturated carbocycles. The molecule has 2 N–H and O–H groups in total. The Morgan fingerprint density at radius 2 is 1.75 bits per heavy atom. The molecule has 0 unspecified atom stereocenters. The summed E-state index contributed by atoms with van der Waals surface area (Å²) in [6, 6.07) is 0. The molecular weight excluding hydrogens is 212 g/mol. The number of carbonyl (C=O) groups is 2. The molecule has 0 fully saturated rings. The molecule has 1 aliphatic heterocycles. The highest BCUT2D eigenvalue weighted by molar-refractivity contribution is 5.75. The van der Waals surface area contributed by atoms with Gasteiger partial charge in [0.15, 0.2) is 0 Å². The first kappa shape index (κ1) is 12.1. The van der Waals surface area contributed by atoms with Crippen molar-refractivity contribution in [2.45, 2.75) is 20.8 Å². The van der Waals surface area contributed by atoms with Gasteiger partial charge < -0.3 is 10.2 Å². The molecule has 0 saturated heterocycles. The summed E-state index contributed by atoms with van der Waals surface area (Å²) in [7, 11) is 0. The lowest BCUT2D eigenvalue weighted by Crippen LogP contribution is -2.48. The molecule has 0 aromatic carbocycles. The lowest BCUT2D eigenvalue weighted by Gasteiger charge is -2.37. The van der Waals surface area contributed by atoms with E-state index in [1.165, 1.54) is 12.3 Å². The molecule has 0 aliphatic carbocycles. The molecule has 0 atom stereocenters. The molecule has 88 valence electrons. The Kier molecular flexibility index (Phi) is 2.93. The summed E-state index contributed by atoms with van der Waals surface area (Å²) in [5, 5.41) is 19.3. The molecule has 6 nitrogen and oxygen atoms in total. The van der Waals surface area contributed by atoms with E-state index in [0.717, 1.165) is 5.01 Å². The van der Waals surface area contributed by atoms with Crippen molar-refractivity contribution in [2.24, 2.45) is 5.41 Å². The average molecular weight is 226 g/mol. The van der Waals surface area contributed by atoms with Crippen molar-refractivity contribution >= 4 is 12.2 Å². The molecule has 6 heteroatoms. The summed E-state index contributed by atoms with van der Waals surface area (Å²) in [6.07, 6.45) is 1.62. The van der Waals surface area contributed by atoms with Crippen molar-refractivity contribution in [1.29, 1.82) is 0 Å². The Morgan fingerprint density at radius 1 is 1.19 bits per heavy atom. The van der Waals surface area contributed by atoms with E-state index < -0.39 is 17.6 Å². The van der Waals surface area contributed by atoms with Crippen LogP contribution < -0.4 is 0 Å². The van der Waals surface area contributed by atoms with E-state index in [9.17, 15) is 9.59 Å². The second-order valence-electron chi connectivity index (χ2n) is 4.36. The van der Waals surface area contributed by atoms with Crippen molar-refractivity contribution in [1.82, 2.24) is 10.0 Å². The van der Waals surface area contributed by atoms with Crippen LogP contribution in [0.1, 0.15) is 20.8 Å². The van der Waals surface area contributed by atoms with Crippen LogP contribution in [0.25, 0.3) is 0 Å². The van der Waals surface area contributed by atoms with E-state index in [1.54, 1.807) is 6.08 Å². The third-order valence-corrected chi connectivity index (χ3v) is 2.07. The van der Waals surface area contributed by atoms with E-state index in [-0.39, 0.29) is 0 Å². The van der Waals surface area contributed by atoms with E-state index in [1.807, 2.05) is 20.8 Å². The van der Waals surface area contributed by atoms with Crippen molar-refractivity contribution < 1.29 is 19.8 Å². The molecule has 1 rings (SSSR count). The summed E-state index contributed by atoms with van der Waals surface area (Å²) in [5.41, 5.74) is -0.0541. The Bertz CT molecular complexity index is 379. The van der Waals surface area contributed by atoms with Gasteiger partial charge in [0.2, 0.25) is 0 Å². The summed E-state index contributed by atoms with van der Waals surface area (Å²) in [6.45, 7) is 5.44. The van der Waals surface area contributed by atoms with Crippen LogP contribution in [0.15, 0.2) is 24.0 Å². The van der Waals surface area contributed by atoms with Crippen LogP contribution in [-0.2, 0) is 0 Å². The van der Waals surface area contributed by atoms with Crippen LogP contribution in [0.5, 0.6) is 0 Å². The van der Waals surface area contributed by atoms with Gasteiger partial charge in [0.1, 0.15) is 0 Å². The van der Waals surface area contributed by atoms with Gasteiger partial charge in [-0.3, -0.25) is 0 Å². The summed E-state index contributed by atoms with van der Waals surface area (Å²) < 4.78 is 0. The predicted molar refractivity (Wildman–Crippen MR) is 56.4 cm³/mol. The maximum atomic E-state index is 11.1. The molecular formula is C10H14N2O4. The molecule has 0 aromatic heterocycles. The molecule has 2 amide bonds. The summed E-state index contributed by atoms with van der Waals surface area (Å²) in [5.74, 6) is 0. The monoisotopic (exact) mass is 226 g/mol. The zero-order valence-electron chi connectivity index (χ0n) is 9.34. The maximum Gasteiger partial charge on any atom is 0.431 e. The quantitative estimate of drug-likeness (QED) is 0.664. The first-order valence-electron chi connectivity index (χ1n) is 4.69. The highest BCUT2D eigenvalue weighted by Crippen LogP contribution is 2.31. The highest BCUT2D eigenvalue weighted by atomic mass is 16.4. The first-order valence-corrected chi connectivity index (χ1v) is 4.69. The SMILES string of the molecule is CC(C)(C)C1=CC=CN(C(=O)O)N1C(=O)O. The minimum atomic E-state index is -1.34. The summed E-state index contributed by atoms with van der Waals surface area (Å²) >= 11 is 0. The lowest BCUT2D eigenvalue weighted by molar-refractivity contribution is 0.0390. The topological polar surface area (TPSA) is 81.1 Å². The van der Waals surface area contributed by atoms with Gasteiger partial charge in [-0.05, 0) is 12.2 Å². The standard InChI is InChI=1S/C10H14N2O4/c1-10(2,3)7-5-4-6-11(8(13)14)12(7)9(15)16/h4-6H,1-3H3,(H,13,14)(H,15,16). The predicted octanol–water partition coefficient (Wildman–Crippen LogP) is 2.32. The fourth-order valence-corrected chi connectivity index (χ4v) is 1.38. The Labute approximate surface area is 93.0 Å². The zero-order chi connectivity index (χ0) is 12.5. The van der Waals surface area contributed by atoms with Gasteiger partial charge >= 0.3 is 12.2 Å². The zero-order valence-corrected chi connectivity index (χ0v) is 9.34. The number of carboxylic acid groups (broad SMARTS) is 2. The van der Waals surface area contributed by atoms with Crippen LogP contribution in [0.4, 0.5) is 9.59 Å². The highest BCUT2D eigenvalue weighted by Gasteiger charge is 2.34. The van der Waals surface area contributed by atoms with Gasteiger partial charge in [-0.25, -0.2) is 9.59 Å². The third kappa shape index (κ3) is 2.16. The van der Waals surface area contributed by atoms with Gasteiger partial charge in [0.05, 0.1) is 5.70 Å². The molecule has 16 heavy (non-hydrogen) atoms. The van der Waals surface area contributed by atoms with Gasteiger partial charge in [-0.1, -0.05) is 20.8 Å². The van der Waals surface area contributed by atoms with Crippen molar-refractivity contribution in [3.05, 3.63) is 24.0 Å². The van der Waals surface area contributed by atoms with Gasteiger partial charge in [-0.2, -0.15) is 10.0 Å². The number of rotatable bonds is 0. The van der Waals surface area contributed by atoms with E-state index in [2.05, 4.69) is 0 Å². The fourth-order valence-electron chi connectivity index (χ4n) is 1.38. The van der Waals surface area contributed by atoms with Crippen molar-refractivity contribution in [3.63, 3.8) is 0 Å². The third-order valence-electron chi connectivity index (χ3n) is 2.07. The average Bonchev–Trinajstić information content (AvgIpc) is 2.14. The van der Waals surface area contributed by atoms with Gasteiger partial charge in [-0.15, -0.1) is 0 Å². The maximum absolute atomic E-state index is 11.1. The van der Waals surface area contributed by atoms with E-state index in [4.69, 9.17) is 10.2 Å². The number of nitrogens with zero attached hydrogens (tertiary/aromatic N) is 2. The Morgan fingerprint density at radius 3 is 2.12 bits per heavy atom. The molecule has 1 aliphatic rings. The number of hydrogen-bond donors (Lipinski definition) is 2. The van der Waals surface area contributed by atoms with Crippen LogP contribution in [-0.4, -0.2) is 32.4 Å². The number of hydrogen-bond acceptors (Lipinski definition) is 2. The van der Waals surface area contributed by atoms with E-state index >= 15 is 0 Å². The number of allylic oxidation sites excluding steroid dienone is 3. The van der Waals surface area contributed by atoms with Crippen LogP contribution in [0.2, 0.25) is 0 Å². The minimum absolute atomic E-state index is 0.407. The lowest BCUT2D eigenvalue weighted by atomic mass is 9.90. The Balaban J connectivity index is 3.18. The Hall–Kier alpha value is -1.98. The molecule has 0 aromatic rings. The van der Waals surface area contributed by atoms with Crippen LogP contribution in [0.3, 0.4) is 0 Å². The molecule has 0 radical (unpaired) electrons. The molecule has 1 heterocycles. The molecule has 0 spiro atoms. The first-order chi connectivity index (χ1) is 7.25. The van der Waals surface area contributed by atoms with Crippen LogP contribution in [0, 0.1) is 5.41 Å².